The zero-order chi connectivity index (χ0) is 22.7. The number of hydrogen-bond donors (Lipinski definition) is 2. The van der Waals surface area contributed by atoms with Crippen molar-refractivity contribution in [1.29, 1.82) is 0 Å². The molecule has 1 aliphatic heterocycles. The summed E-state index contributed by atoms with van der Waals surface area (Å²) in [5, 5.41) is 7.70. The van der Waals surface area contributed by atoms with Gasteiger partial charge in [-0.3, -0.25) is 14.3 Å². The number of ether oxygens (including phenoxy) is 1. The normalized spacial score (nSPS) is 16.0. The first kappa shape index (κ1) is 21.8. The standard InChI is InChI=1S/C25H28N4O3/c1-16-6-3-4-8-21(16)25(31)27-14-18-9-11-19(12-10-18)23-22(24(26)30)17(2)29(28-23)20-7-5-13-32-15-20/h3-4,6,8-12,20H,5,7,13-15H2,1-2H3,(H2,26,30)(H,27,31). The maximum absolute atomic E-state index is 12.5. The molecular weight excluding hydrogens is 404 g/mol. The molecule has 32 heavy (non-hydrogen) atoms. The van der Waals surface area contributed by atoms with E-state index in [1.54, 1.807) is 0 Å². The number of nitrogens with one attached hydrogen (secondary N) is 1. The molecule has 2 heterocycles. The summed E-state index contributed by atoms with van der Waals surface area (Å²) in [5.41, 5.74) is 10.9. The van der Waals surface area contributed by atoms with Gasteiger partial charge < -0.3 is 15.8 Å². The van der Waals surface area contributed by atoms with Gasteiger partial charge in [-0.05, 0) is 43.9 Å². The van der Waals surface area contributed by atoms with Crippen LogP contribution in [0.5, 0.6) is 0 Å². The first-order valence-electron chi connectivity index (χ1n) is 10.9. The summed E-state index contributed by atoms with van der Waals surface area (Å²) in [4.78, 5) is 24.7. The molecule has 0 saturated carbocycles. The first-order valence-corrected chi connectivity index (χ1v) is 10.9. The summed E-state index contributed by atoms with van der Waals surface area (Å²) in [5.74, 6) is -0.595. The molecule has 0 spiro atoms. The molecule has 3 N–H and O–H groups in total. The summed E-state index contributed by atoms with van der Waals surface area (Å²) in [6.07, 6.45) is 1.92. The minimum absolute atomic E-state index is 0.103. The van der Waals surface area contributed by atoms with Crippen molar-refractivity contribution in [1.82, 2.24) is 15.1 Å². The van der Waals surface area contributed by atoms with E-state index in [9.17, 15) is 9.59 Å². The molecule has 0 aliphatic carbocycles. The van der Waals surface area contributed by atoms with Crippen LogP contribution in [0.3, 0.4) is 0 Å². The summed E-state index contributed by atoms with van der Waals surface area (Å²) in [6, 6.07) is 15.3. The Bertz CT molecular complexity index is 1130. The number of hydrogen-bond acceptors (Lipinski definition) is 4. The van der Waals surface area contributed by atoms with Crippen LogP contribution in [-0.2, 0) is 11.3 Å². The fraction of sp³-hybridized carbons (Fsp3) is 0.320. The van der Waals surface area contributed by atoms with Gasteiger partial charge in [0, 0.05) is 30.0 Å². The minimum Gasteiger partial charge on any atom is -0.379 e. The molecule has 0 radical (unpaired) electrons. The smallest absolute Gasteiger partial charge is 0.252 e. The number of aromatic nitrogens is 2. The molecule has 1 aliphatic rings. The number of nitrogens with two attached hydrogens (primary N) is 1. The second kappa shape index (κ2) is 9.36. The second-order valence-corrected chi connectivity index (χ2v) is 8.18. The van der Waals surface area contributed by atoms with Gasteiger partial charge in [0.05, 0.1) is 18.2 Å². The topological polar surface area (TPSA) is 99.2 Å². The Morgan fingerprint density at radius 1 is 1.16 bits per heavy atom. The van der Waals surface area contributed by atoms with Gasteiger partial charge in [-0.15, -0.1) is 0 Å². The zero-order valence-corrected chi connectivity index (χ0v) is 18.4. The van der Waals surface area contributed by atoms with Crippen molar-refractivity contribution in [2.24, 2.45) is 5.73 Å². The van der Waals surface area contributed by atoms with E-state index in [0.717, 1.165) is 41.8 Å². The Kier molecular flexibility index (Phi) is 6.37. The number of carbonyl (C=O) groups excluding carboxylic acids is 2. The van der Waals surface area contributed by atoms with E-state index < -0.39 is 5.91 Å². The molecule has 1 saturated heterocycles. The van der Waals surface area contributed by atoms with Gasteiger partial charge in [-0.1, -0.05) is 42.5 Å². The van der Waals surface area contributed by atoms with Gasteiger partial charge in [0.2, 0.25) is 0 Å². The second-order valence-electron chi connectivity index (χ2n) is 8.18. The van der Waals surface area contributed by atoms with Gasteiger partial charge >= 0.3 is 0 Å². The quantitative estimate of drug-likeness (QED) is 0.622. The van der Waals surface area contributed by atoms with Crippen molar-refractivity contribution in [3.8, 4) is 11.3 Å². The number of nitrogens with zero attached hydrogens (tertiary/aromatic N) is 2. The number of amides is 2. The van der Waals surface area contributed by atoms with Crippen LogP contribution in [0.1, 0.15) is 56.4 Å². The van der Waals surface area contributed by atoms with Crippen LogP contribution in [0, 0.1) is 13.8 Å². The van der Waals surface area contributed by atoms with Gasteiger partial charge in [0.15, 0.2) is 0 Å². The lowest BCUT2D eigenvalue weighted by atomic mass is 10.0. The number of aryl methyl sites for hydroxylation is 1. The average Bonchev–Trinajstić information content (AvgIpc) is 3.16. The Morgan fingerprint density at radius 3 is 2.56 bits per heavy atom. The van der Waals surface area contributed by atoms with Crippen molar-refractivity contribution in [2.75, 3.05) is 13.2 Å². The third kappa shape index (κ3) is 4.43. The van der Waals surface area contributed by atoms with Crippen LogP contribution >= 0.6 is 0 Å². The molecule has 1 atom stereocenters. The largest absolute Gasteiger partial charge is 0.379 e. The van der Waals surface area contributed by atoms with E-state index in [-0.39, 0.29) is 11.9 Å². The van der Waals surface area contributed by atoms with Crippen molar-refractivity contribution in [3.05, 3.63) is 76.5 Å². The van der Waals surface area contributed by atoms with E-state index in [1.165, 1.54) is 0 Å². The third-order valence-electron chi connectivity index (χ3n) is 5.95. The number of benzene rings is 2. The lowest BCUT2D eigenvalue weighted by Crippen LogP contribution is -2.23. The fourth-order valence-corrected chi connectivity index (χ4v) is 4.17. The van der Waals surface area contributed by atoms with Gasteiger partial charge in [-0.25, -0.2) is 0 Å². The van der Waals surface area contributed by atoms with Gasteiger partial charge in [-0.2, -0.15) is 5.10 Å². The Hall–Kier alpha value is -3.45. The van der Waals surface area contributed by atoms with Crippen LogP contribution in [0.15, 0.2) is 48.5 Å². The lowest BCUT2D eigenvalue weighted by Gasteiger charge is -2.23. The van der Waals surface area contributed by atoms with Crippen molar-refractivity contribution >= 4 is 11.8 Å². The minimum atomic E-state index is -0.491. The molecule has 166 valence electrons. The Labute approximate surface area is 187 Å². The highest BCUT2D eigenvalue weighted by Crippen LogP contribution is 2.29. The first-order chi connectivity index (χ1) is 15.5. The maximum Gasteiger partial charge on any atom is 0.252 e. The maximum atomic E-state index is 12.5. The summed E-state index contributed by atoms with van der Waals surface area (Å²) in [7, 11) is 0. The van der Waals surface area contributed by atoms with E-state index in [0.29, 0.717) is 30.0 Å². The highest BCUT2D eigenvalue weighted by Gasteiger charge is 2.25. The molecule has 0 bridgehead atoms. The van der Waals surface area contributed by atoms with E-state index >= 15 is 0 Å². The van der Waals surface area contributed by atoms with Crippen LogP contribution in [0.2, 0.25) is 0 Å². The highest BCUT2D eigenvalue weighted by molar-refractivity contribution is 6.00. The predicted molar refractivity (Wildman–Crippen MR) is 122 cm³/mol. The number of rotatable bonds is 6. The van der Waals surface area contributed by atoms with E-state index in [4.69, 9.17) is 15.6 Å². The van der Waals surface area contributed by atoms with Gasteiger partial charge in [0.25, 0.3) is 11.8 Å². The summed E-state index contributed by atoms with van der Waals surface area (Å²) in [6.45, 7) is 5.54. The van der Waals surface area contributed by atoms with Crippen LogP contribution in [0.4, 0.5) is 0 Å². The van der Waals surface area contributed by atoms with E-state index in [1.807, 2.05) is 67.1 Å². The molecule has 2 amide bonds. The third-order valence-corrected chi connectivity index (χ3v) is 5.95. The van der Waals surface area contributed by atoms with Gasteiger partial charge in [0.1, 0.15) is 5.69 Å². The summed E-state index contributed by atoms with van der Waals surface area (Å²) >= 11 is 0. The van der Waals surface area contributed by atoms with E-state index in [2.05, 4.69) is 5.32 Å². The predicted octanol–water partition coefficient (Wildman–Crippen LogP) is 3.55. The molecular formula is C25H28N4O3. The van der Waals surface area contributed by atoms with Crippen molar-refractivity contribution in [2.45, 2.75) is 39.3 Å². The van der Waals surface area contributed by atoms with Crippen LogP contribution in [0.25, 0.3) is 11.3 Å². The highest BCUT2D eigenvalue weighted by atomic mass is 16.5. The van der Waals surface area contributed by atoms with Crippen molar-refractivity contribution in [3.63, 3.8) is 0 Å². The van der Waals surface area contributed by atoms with Crippen LogP contribution in [-0.4, -0.2) is 34.8 Å². The monoisotopic (exact) mass is 432 g/mol. The van der Waals surface area contributed by atoms with Crippen molar-refractivity contribution < 1.29 is 14.3 Å². The molecule has 4 rings (SSSR count). The molecule has 1 fully saturated rings. The molecule has 2 aromatic carbocycles. The van der Waals surface area contributed by atoms with Crippen LogP contribution < -0.4 is 11.1 Å². The average molecular weight is 433 g/mol. The molecule has 1 aromatic heterocycles. The molecule has 7 nitrogen and oxygen atoms in total. The fourth-order valence-electron chi connectivity index (χ4n) is 4.17. The zero-order valence-electron chi connectivity index (χ0n) is 18.4. The molecule has 7 heteroatoms. The Morgan fingerprint density at radius 2 is 1.91 bits per heavy atom. The molecule has 3 aromatic rings. The Balaban J connectivity index is 1.53. The lowest BCUT2D eigenvalue weighted by molar-refractivity contribution is 0.0542. The number of carbonyl (C=O) groups is 2. The SMILES string of the molecule is Cc1ccccc1C(=O)NCc1ccc(-c2nn(C3CCCOC3)c(C)c2C(N)=O)cc1. The summed E-state index contributed by atoms with van der Waals surface area (Å²) < 4.78 is 7.48. The number of primary amides is 1. The molecule has 1 unspecified atom stereocenters.